The molecule has 4 nitrogen and oxygen atoms in total. The first-order chi connectivity index (χ1) is 10.5. The molecule has 0 unspecified atom stereocenters. The fourth-order valence-electron chi connectivity index (χ4n) is 5.66. The SMILES string of the molecule is COC1(OC)[C@]2(Br)[C@H]3CCCC[C@H]3[C@@]1(Br)C(=O)[C@]21CC=CO1. The molecule has 3 aliphatic carbocycles. The van der Waals surface area contributed by atoms with Crippen molar-refractivity contribution < 1.29 is 19.0 Å². The van der Waals surface area contributed by atoms with Crippen LogP contribution in [0.25, 0.3) is 0 Å². The largest absolute Gasteiger partial charge is 0.485 e. The molecule has 0 radical (unpaired) electrons. The van der Waals surface area contributed by atoms with E-state index in [0.717, 1.165) is 19.3 Å². The number of alkyl halides is 2. The zero-order chi connectivity index (χ0) is 15.8. The lowest BCUT2D eigenvalue weighted by molar-refractivity contribution is -0.228. The first kappa shape index (κ1) is 15.6. The minimum atomic E-state index is -1.07. The van der Waals surface area contributed by atoms with Crippen molar-refractivity contribution in [1.29, 1.82) is 0 Å². The Morgan fingerprint density at radius 2 is 1.82 bits per heavy atom. The van der Waals surface area contributed by atoms with Crippen LogP contribution in [-0.2, 0) is 19.0 Å². The Balaban J connectivity index is 2.00. The third kappa shape index (κ3) is 1.23. The van der Waals surface area contributed by atoms with Gasteiger partial charge in [0.2, 0.25) is 11.6 Å². The summed E-state index contributed by atoms with van der Waals surface area (Å²) in [6.07, 6.45) is 8.49. The molecule has 4 aliphatic rings. The number of fused-ring (bicyclic) bond motifs is 6. The molecule has 1 heterocycles. The quantitative estimate of drug-likeness (QED) is 0.493. The number of hydrogen-bond acceptors (Lipinski definition) is 4. The van der Waals surface area contributed by atoms with Crippen LogP contribution in [0.4, 0.5) is 0 Å². The van der Waals surface area contributed by atoms with E-state index in [1.807, 2.05) is 6.08 Å². The molecule has 2 bridgehead atoms. The van der Waals surface area contributed by atoms with Gasteiger partial charge in [0, 0.05) is 20.6 Å². The third-order valence-corrected chi connectivity index (χ3v) is 9.60. The zero-order valence-electron chi connectivity index (χ0n) is 12.7. The number of carbonyl (C=O) groups is 1. The van der Waals surface area contributed by atoms with Gasteiger partial charge in [0.25, 0.3) is 0 Å². The summed E-state index contributed by atoms with van der Waals surface area (Å²) in [5.41, 5.74) is -0.943. The third-order valence-electron chi connectivity index (χ3n) is 6.38. The van der Waals surface area contributed by atoms with E-state index >= 15 is 0 Å². The van der Waals surface area contributed by atoms with Gasteiger partial charge < -0.3 is 14.2 Å². The normalized spacial score (nSPS) is 51.4. The molecule has 22 heavy (non-hydrogen) atoms. The predicted octanol–water partition coefficient (Wildman–Crippen LogP) is 3.32. The van der Waals surface area contributed by atoms with Crippen molar-refractivity contribution in [1.82, 2.24) is 0 Å². The van der Waals surface area contributed by atoms with Crippen molar-refractivity contribution in [2.24, 2.45) is 11.8 Å². The summed E-state index contributed by atoms with van der Waals surface area (Å²) in [6, 6.07) is 0. The molecule has 4 rings (SSSR count). The highest BCUT2D eigenvalue weighted by Gasteiger charge is 2.93. The summed E-state index contributed by atoms with van der Waals surface area (Å²) in [5.74, 6) is -0.544. The molecule has 6 heteroatoms. The maximum atomic E-state index is 13.5. The minimum Gasteiger partial charge on any atom is -0.485 e. The van der Waals surface area contributed by atoms with Crippen LogP contribution in [0.15, 0.2) is 12.3 Å². The van der Waals surface area contributed by atoms with Crippen molar-refractivity contribution in [3.05, 3.63) is 12.3 Å². The maximum absolute atomic E-state index is 13.5. The summed E-state index contributed by atoms with van der Waals surface area (Å²) in [6.45, 7) is 0. The Hall–Kier alpha value is 0.0900. The molecule has 0 aromatic heterocycles. The maximum Gasteiger partial charge on any atom is 0.211 e. The Morgan fingerprint density at radius 3 is 2.36 bits per heavy atom. The molecule has 0 aromatic carbocycles. The second-order valence-electron chi connectivity index (χ2n) is 6.80. The van der Waals surface area contributed by atoms with E-state index in [9.17, 15) is 4.79 Å². The van der Waals surface area contributed by atoms with Crippen molar-refractivity contribution in [2.45, 2.75) is 52.1 Å². The average molecular weight is 436 g/mol. The monoisotopic (exact) mass is 434 g/mol. The summed E-state index contributed by atoms with van der Waals surface area (Å²) in [5, 5.41) is 0. The van der Waals surface area contributed by atoms with E-state index in [0.29, 0.717) is 6.42 Å². The van der Waals surface area contributed by atoms with Crippen LogP contribution in [0.2, 0.25) is 0 Å². The van der Waals surface area contributed by atoms with E-state index in [-0.39, 0.29) is 17.6 Å². The first-order valence-corrected chi connectivity index (χ1v) is 9.40. The molecule has 122 valence electrons. The highest BCUT2D eigenvalue weighted by molar-refractivity contribution is 9.11. The van der Waals surface area contributed by atoms with Gasteiger partial charge in [-0.25, -0.2) is 0 Å². The summed E-state index contributed by atoms with van der Waals surface area (Å²) in [4.78, 5) is 13.5. The van der Waals surface area contributed by atoms with Crippen LogP contribution in [-0.4, -0.2) is 40.0 Å². The molecule has 5 atom stereocenters. The molecule has 1 spiro atoms. The van der Waals surface area contributed by atoms with Crippen LogP contribution >= 0.6 is 31.9 Å². The first-order valence-electron chi connectivity index (χ1n) is 7.82. The lowest BCUT2D eigenvalue weighted by Crippen LogP contribution is -2.63. The second-order valence-corrected chi connectivity index (χ2v) is 9.30. The average Bonchev–Trinajstić information content (AvgIpc) is 3.13. The number of rotatable bonds is 2. The molecule has 1 aliphatic heterocycles. The van der Waals surface area contributed by atoms with Crippen LogP contribution in [0.1, 0.15) is 32.1 Å². The molecular weight excluding hydrogens is 416 g/mol. The minimum absolute atomic E-state index is 0.0497. The Labute approximate surface area is 147 Å². The van der Waals surface area contributed by atoms with Gasteiger partial charge in [-0.15, -0.1) is 0 Å². The molecule has 0 N–H and O–H groups in total. The standard InChI is InChI=1S/C16H20Br2O4/c1-20-16(21-2)14(17)10-6-3-4-7-11(10)15(16,18)13(12(14)19)8-5-9-22-13/h5,9-11H,3-4,6-8H2,1-2H3/t10-,11+,13-,14-,15+/m1/s1. The van der Waals surface area contributed by atoms with Gasteiger partial charge in [0.15, 0.2) is 5.60 Å². The van der Waals surface area contributed by atoms with Crippen LogP contribution in [0.3, 0.4) is 0 Å². The van der Waals surface area contributed by atoms with Gasteiger partial charge >= 0.3 is 0 Å². The summed E-state index contributed by atoms with van der Waals surface area (Å²) in [7, 11) is 3.25. The fourth-order valence-corrected chi connectivity index (χ4v) is 9.05. The number of ketones is 1. The van der Waals surface area contributed by atoms with Crippen molar-refractivity contribution in [2.75, 3.05) is 14.2 Å². The lowest BCUT2D eigenvalue weighted by Gasteiger charge is -2.48. The number of Topliss-reactive ketones (excluding diaryl/α,β-unsaturated/α-hetero) is 1. The van der Waals surface area contributed by atoms with Gasteiger partial charge in [0.1, 0.15) is 8.65 Å². The summed E-state index contributed by atoms with van der Waals surface area (Å²) < 4.78 is 16.3. The van der Waals surface area contributed by atoms with Gasteiger partial charge in [-0.3, -0.25) is 4.79 Å². The van der Waals surface area contributed by atoms with Crippen LogP contribution in [0.5, 0.6) is 0 Å². The molecule has 3 fully saturated rings. The zero-order valence-corrected chi connectivity index (χ0v) is 15.9. The Bertz CT molecular complexity index is 550. The van der Waals surface area contributed by atoms with E-state index in [1.165, 1.54) is 6.42 Å². The van der Waals surface area contributed by atoms with Crippen LogP contribution in [0, 0.1) is 11.8 Å². The van der Waals surface area contributed by atoms with Crippen molar-refractivity contribution >= 4 is 37.6 Å². The van der Waals surface area contributed by atoms with Crippen molar-refractivity contribution in [3.63, 3.8) is 0 Å². The Morgan fingerprint density at radius 1 is 1.18 bits per heavy atom. The number of methoxy groups -OCH3 is 2. The highest BCUT2D eigenvalue weighted by atomic mass is 79.9. The van der Waals surface area contributed by atoms with Crippen LogP contribution < -0.4 is 0 Å². The lowest BCUT2D eigenvalue weighted by atomic mass is 9.64. The van der Waals surface area contributed by atoms with Gasteiger partial charge in [-0.1, -0.05) is 44.7 Å². The number of hydrogen-bond donors (Lipinski definition) is 0. The molecule has 0 amide bonds. The number of halogens is 2. The van der Waals surface area contributed by atoms with Gasteiger partial charge in [-0.05, 0) is 30.8 Å². The van der Waals surface area contributed by atoms with E-state index in [4.69, 9.17) is 14.2 Å². The molecule has 0 saturated heterocycles. The van der Waals surface area contributed by atoms with Gasteiger partial charge in [0.05, 0.1) is 6.26 Å². The molecular formula is C16H20Br2O4. The van der Waals surface area contributed by atoms with E-state index < -0.39 is 20.0 Å². The summed E-state index contributed by atoms with van der Waals surface area (Å²) >= 11 is 7.79. The molecule has 3 saturated carbocycles. The number of carbonyl (C=O) groups excluding carboxylic acids is 1. The Kier molecular flexibility index (Phi) is 3.25. The fraction of sp³-hybridized carbons (Fsp3) is 0.812. The van der Waals surface area contributed by atoms with E-state index in [1.54, 1.807) is 20.5 Å². The van der Waals surface area contributed by atoms with Crippen molar-refractivity contribution in [3.8, 4) is 0 Å². The topological polar surface area (TPSA) is 44.8 Å². The number of ether oxygens (including phenoxy) is 3. The second kappa shape index (κ2) is 4.58. The highest BCUT2D eigenvalue weighted by Crippen LogP contribution is 2.77. The molecule has 0 aromatic rings. The van der Waals surface area contributed by atoms with Gasteiger partial charge in [-0.2, -0.15) is 0 Å². The predicted molar refractivity (Wildman–Crippen MR) is 88.1 cm³/mol. The van der Waals surface area contributed by atoms with E-state index in [2.05, 4.69) is 31.9 Å². The smallest absolute Gasteiger partial charge is 0.211 e.